The van der Waals surface area contributed by atoms with Crippen molar-refractivity contribution in [2.45, 2.75) is 32.4 Å². The number of nitrogens with zero attached hydrogens (tertiary/aromatic N) is 1. The fourth-order valence-corrected chi connectivity index (χ4v) is 2.82. The minimum atomic E-state index is -0.688. The van der Waals surface area contributed by atoms with E-state index in [2.05, 4.69) is 58.7 Å². The van der Waals surface area contributed by atoms with Gasteiger partial charge in [-0.15, -0.1) is 0 Å². The van der Waals surface area contributed by atoms with Crippen LogP contribution in [0.5, 0.6) is 0 Å². The van der Waals surface area contributed by atoms with Gasteiger partial charge in [0, 0.05) is 10.1 Å². The highest BCUT2D eigenvalue weighted by Gasteiger charge is 2.31. The summed E-state index contributed by atoms with van der Waals surface area (Å²) in [5.41, 5.74) is 1.19. The van der Waals surface area contributed by atoms with Crippen molar-refractivity contribution in [3.63, 3.8) is 0 Å². The van der Waals surface area contributed by atoms with Gasteiger partial charge >= 0.3 is 5.97 Å². The molecule has 98 valence electrons. The molecule has 4 heteroatoms. The normalized spacial score (nSPS) is 25.0. The van der Waals surface area contributed by atoms with Gasteiger partial charge in [0.1, 0.15) is 6.04 Å². The number of piperidine rings is 1. The maximum absolute atomic E-state index is 11.3. The summed E-state index contributed by atoms with van der Waals surface area (Å²) < 4.78 is 1.21. The van der Waals surface area contributed by atoms with Crippen molar-refractivity contribution in [3.05, 3.63) is 33.4 Å². The highest BCUT2D eigenvalue weighted by atomic mass is 127. The molecule has 1 N–H and O–H groups in total. The van der Waals surface area contributed by atoms with Gasteiger partial charge in [-0.25, -0.2) is 0 Å². The lowest BCUT2D eigenvalue weighted by Gasteiger charge is -2.36. The van der Waals surface area contributed by atoms with E-state index in [9.17, 15) is 9.90 Å². The van der Waals surface area contributed by atoms with E-state index in [0.717, 1.165) is 25.9 Å². The summed E-state index contributed by atoms with van der Waals surface area (Å²) in [6.45, 7) is 3.75. The third kappa shape index (κ3) is 3.45. The first kappa shape index (κ1) is 13.8. The standard InChI is InChI=1S/C14H18INO2/c1-10-6-7-16(13(8-10)14(17)18)9-11-2-4-12(15)5-3-11/h2-5,10,13H,6-9H2,1H3,(H,17,18). The number of hydrogen-bond donors (Lipinski definition) is 1. The zero-order chi connectivity index (χ0) is 13.1. The third-order valence-corrected chi connectivity index (χ3v) is 4.28. The highest BCUT2D eigenvalue weighted by molar-refractivity contribution is 14.1. The van der Waals surface area contributed by atoms with Crippen LogP contribution in [0.2, 0.25) is 0 Å². The fraction of sp³-hybridized carbons (Fsp3) is 0.500. The molecule has 3 nitrogen and oxygen atoms in total. The van der Waals surface area contributed by atoms with Gasteiger partial charge in [0.15, 0.2) is 0 Å². The number of rotatable bonds is 3. The number of aliphatic carboxylic acids is 1. The fourth-order valence-electron chi connectivity index (χ4n) is 2.46. The molecule has 1 aliphatic heterocycles. The van der Waals surface area contributed by atoms with Crippen LogP contribution in [0.25, 0.3) is 0 Å². The molecule has 1 fully saturated rings. The summed E-state index contributed by atoms with van der Waals surface area (Å²) in [7, 11) is 0. The molecule has 0 radical (unpaired) electrons. The number of carboxylic acid groups (broad SMARTS) is 1. The molecular weight excluding hydrogens is 341 g/mol. The molecule has 18 heavy (non-hydrogen) atoms. The molecule has 0 amide bonds. The molecule has 0 aliphatic carbocycles. The molecule has 2 rings (SSSR count). The molecule has 0 bridgehead atoms. The van der Waals surface area contributed by atoms with Gasteiger partial charge in [-0.1, -0.05) is 19.1 Å². The summed E-state index contributed by atoms with van der Waals surface area (Å²) in [4.78, 5) is 13.4. The van der Waals surface area contributed by atoms with Crippen LogP contribution in [0.1, 0.15) is 25.3 Å². The van der Waals surface area contributed by atoms with Crippen molar-refractivity contribution in [2.24, 2.45) is 5.92 Å². The van der Waals surface area contributed by atoms with E-state index in [0.29, 0.717) is 5.92 Å². The summed E-state index contributed by atoms with van der Waals surface area (Å²) >= 11 is 2.28. The second-order valence-corrected chi connectivity index (χ2v) is 6.33. The smallest absolute Gasteiger partial charge is 0.320 e. The van der Waals surface area contributed by atoms with Gasteiger partial charge in [-0.2, -0.15) is 0 Å². The molecule has 0 spiro atoms. The second kappa shape index (κ2) is 6.02. The minimum absolute atomic E-state index is 0.326. The topological polar surface area (TPSA) is 40.5 Å². The van der Waals surface area contributed by atoms with E-state index in [1.54, 1.807) is 0 Å². The molecular formula is C14H18INO2. The number of likely N-dealkylation sites (tertiary alicyclic amines) is 1. The van der Waals surface area contributed by atoms with Crippen LogP contribution in [-0.4, -0.2) is 28.6 Å². The van der Waals surface area contributed by atoms with Gasteiger partial charge in [-0.05, 0) is 65.6 Å². The number of hydrogen-bond acceptors (Lipinski definition) is 2. The second-order valence-electron chi connectivity index (χ2n) is 5.08. The molecule has 1 saturated heterocycles. The zero-order valence-corrected chi connectivity index (χ0v) is 12.6. The largest absolute Gasteiger partial charge is 0.480 e. The maximum atomic E-state index is 11.3. The van der Waals surface area contributed by atoms with Crippen molar-refractivity contribution < 1.29 is 9.90 Å². The SMILES string of the molecule is CC1CCN(Cc2ccc(I)cc2)C(C(=O)O)C1. The van der Waals surface area contributed by atoms with Crippen LogP contribution >= 0.6 is 22.6 Å². The van der Waals surface area contributed by atoms with Crippen molar-refractivity contribution >= 4 is 28.6 Å². The summed E-state index contributed by atoms with van der Waals surface area (Å²) in [5.74, 6) is -0.175. The number of halogens is 1. The van der Waals surface area contributed by atoms with Gasteiger partial charge < -0.3 is 5.11 Å². The first-order valence-corrected chi connectivity index (χ1v) is 7.35. The van der Waals surface area contributed by atoms with E-state index in [4.69, 9.17) is 0 Å². The van der Waals surface area contributed by atoms with Crippen LogP contribution in [0.4, 0.5) is 0 Å². The highest BCUT2D eigenvalue weighted by Crippen LogP contribution is 2.24. The first-order valence-electron chi connectivity index (χ1n) is 6.27. The average molecular weight is 359 g/mol. The Bertz CT molecular complexity index is 418. The maximum Gasteiger partial charge on any atom is 0.320 e. The van der Waals surface area contributed by atoms with Crippen molar-refractivity contribution in [3.8, 4) is 0 Å². The number of benzene rings is 1. The van der Waals surface area contributed by atoms with Crippen LogP contribution in [0.3, 0.4) is 0 Å². The molecule has 2 atom stereocenters. The number of carbonyl (C=O) groups is 1. The molecule has 0 saturated carbocycles. The Kier molecular flexibility index (Phi) is 4.61. The molecule has 1 aliphatic rings. The van der Waals surface area contributed by atoms with E-state index in [1.165, 1.54) is 9.13 Å². The Labute approximate surface area is 121 Å². The van der Waals surface area contributed by atoms with Crippen molar-refractivity contribution in [2.75, 3.05) is 6.54 Å². The predicted octanol–water partition coefficient (Wildman–Crippen LogP) is 2.98. The molecule has 0 aromatic heterocycles. The monoisotopic (exact) mass is 359 g/mol. The molecule has 1 heterocycles. The van der Waals surface area contributed by atoms with E-state index < -0.39 is 5.97 Å². The van der Waals surface area contributed by atoms with Crippen LogP contribution in [0.15, 0.2) is 24.3 Å². The predicted molar refractivity (Wildman–Crippen MR) is 79.4 cm³/mol. The van der Waals surface area contributed by atoms with Gasteiger partial charge in [0.25, 0.3) is 0 Å². The Balaban J connectivity index is 2.06. The molecule has 1 aromatic carbocycles. The Morgan fingerprint density at radius 3 is 2.72 bits per heavy atom. The Morgan fingerprint density at radius 2 is 2.11 bits per heavy atom. The van der Waals surface area contributed by atoms with Crippen LogP contribution in [0, 0.1) is 9.49 Å². The minimum Gasteiger partial charge on any atom is -0.480 e. The van der Waals surface area contributed by atoms with Crippen molar-refractivity contribution in [1.82, 2.24) is 4.90 Å². The first-order chi connectivity index (χ1) is 8.56. The average Bonchev–Trinajstić information content (AvgIpc) is 2.34. The summed E-state index contributed by atoms with van der Waals surface area (Å²) in [6, 6.07) is 7.97. The summed E-state index contributed by atoms with van der Waals surface area (Å²) in [5, 5.41) is 9.31. The van der Waals surface area contributed by atoms with Gasteiger partial charge in [0.05, 0.1) is 0 Å². The van der Waals surface area contributed by atoms with Crippen LogP contribution < -0.4 is 0 Å². The van der Waals surface area contributed by atoms with Crippen molar-refractivity contribution in [1.29, 1.82) is 0 Å². The lowest BCUT2D eigenvalue weighted by atomic mass is 9.92. The molecule has 1 aromatic rings. The lowest BCUT2D eigenvalue weighted by molar-refractivity contribution is -0.145. The van der Waals surface area contributed by atoms with Gasteiger partial charge in [0.2, 0.25) is 0 Å². The van der Waals surface area contributed by atoms with E-state index in [-0.39, 0.29) is 6.04 Å². The Hall–Kier alpha value is -0.620. The molecule has 2 unspecified atom stereocenters. The summed E-state index contributed by atoms with van der Waals surface area (Å²) in [6.07, 6.45) is 1.86. The third-order valence-electron chi connectivity index (χ3n) is 3.56. The lowest BCUT2D eigenvalue weighted by Crippen LogP contribution is -2.46. The van der Waals surface area contributed by atoms with Gasteiger partial charge in [-0.3, -0.25) is 9.69 Å². The quantitative estimate of drug-likeness (QED) is 0.844. The zero-order valence-electron chi connectivity index (χ0n) is 10.5. The van der Waals surface area contributed by atoms with Crippen LogP contribution in [-0.2, 0) is 11.3 Å². The number of carboxylic acids is 1. The van der Waals surface area contributed by atoms with E-state index >= 15 is 0 Å². The van der Waals surface area contributed by atoms with E-state index in [1.807, 2.05) is 0 Å². The Morgan fingerprint density at radius 1 is 1.44 bits per heavy atom.